The zero-order valence-electron chi connectivity index (χ0n) is 13.2. The summed E-state index contributed by atoms with van der Waals surface area (Å²) in [5, 5.41) is 16.0. The normalized spacial score (nSPS) is 10.4. The number of hydrazone groups is 1. The molecule has 0 aliphatic rings. The van der Waals surface area contributed by atoms with Crippen LogP contribution < -0.4 is 15.5 Å². The maximum atomic E-state index is 12.0. The van der Waals surface area contributed by atoms with Crippen LogP contribution in [0.1, 0.15) is 22.8 Å². The first kappa shape index (κ1) is 17.0. The highest BCUT2D eigenvalue weighted by Gasteiger charge is 2.06. The van der Waals surface area contributed by atoms with Gasteiger partial charge in [0.2, 0.25) is 5.91 Å². The number of benzene rings is 2. The number of methoxy groups -OCH3 is 1. The number of anilines is 1. The third-order valence-corrected chi connectivity index (χ3v) is 3.03. The number of carbonyl (C=O) groups excluding carboxylic acids is 2. The number of phenolic OH excluding ortho intramolecular Hbond substituents is 1. The molecule has 0 unspecified atom stereocenters. The number of carbonyl (C=O) groups is 2. The van der Waals surface area contributed by atoms with Crippen molar-refractivity contribution in [2.24, 2.45) is 5.10 Å². The summed E-state index contributed by atoms with van der Waals surface area (Å²) < 4.78 is 4.99. The molecule has 2 aromatic carbocycles. The van der Waals surface area contributed by atoms with Gasteiger partial charge in [-0.1, -0.05) is 6.07 Å². The molecule has 0 aromatic heterocycles. The fourth-order valence-electron chi connectivity index (χ4n) is 1.95. The highest BCUT2D eigenvalue weighted by Crippen LogP contribution is 2.25. The summed E-state index contributed by atoms with van der Waals surface area (Å²) in [6, 6.07) is 11.2. The minimum absolute atomic E-state index is 0.0217. The number of hydrogen-bond donors (Lipinski definition) is 3. The standard InChI is InChI=1S/C17H17N3O4/c1-11(21)19-14-5-3-4-13(9-14)17(23)20-18-10-12-6-7-15(22)16(8-12)24-2/h3-10,22H,1-2H3,(H,19,21)(H,20,23)/b18-10-. The molecule has 0 bridgehead atoms. The van der Waals surface area contributed by atoms with E-state index in [0.717, 1.165) is 0 Å². The number of amides is 2. The van der Waals surface area contributed by atoms with Gasteiger partial charge in [0.05, 0.1) is 13.3 Å². The van der Waals surface area contributed by atoms with Gasteiger partial charge in [0, 0.05) is 18.2 Å². The molecule has 24 heavy (non-hydrogen) atoms. The Hall–Kier alpha value is -3.35. The maximum Gasteiger partial charge on any atom is 0.271 e. The Balaban J connectivity index is 2.03. The van der Waals surface area contributed by atoms with Gasteiger partial charge < -0.3 is 15.2 Å². The van der Waals surface area contributed by atoms with E-state index in [2.05, 4.69) is 15.8 Å². The third kappa shape index (κ3) is 4.57. The maximum absolute atomic E-state index is 12.0. The summed E-state index contributed by atoms with van der Waals surface area (Å²) in [6.07, 6.45) is 1.43. The molecule has 2 amide bonds. The van der Waals surface area contributed by atoms with Gasteiger partial charge in [-0.25, -0.2) is 5.43 Å². The molecule has 0 aliphatic heterocycles. The topological polar surface area (TPSA) is 100 Å². The molecule has 0 saturated carbocycles. The van der Waals surface area contributed by atoms with Gasteiger partial charge in [-0.3, -0.25) is 9.59 Å². The number of rotatable bonds is 5. The highest BCUT2D eigenvalue weighted by molar-refractivity contribution is 5.97. The molecule has 0 aliphatic carbocycles. The molecule has 0 spiro atoms. The van der Waals surface area contributed by atoms with E-state index in [0.29, 0.717) is 22.6 Å². The Morgan fingerprint density at radius 3 is 2.71 bits per heavy atom. The van der Waals surface area contributed by atoms with Gasteiger partial charge in [-0.15, -0.1) is 0 Å². The molecule has 0 heterocycles. The summed E-state index contributed by atoms with van der Waals surface area (Å²) >= 11 is 0. The van der Waals surface area contributed by atoms with E-state index in [1.165, 1.54) is 26.3 Å². The Morgan fingerprint density at radius 1 is 1.21 bits per heavy atom. The molecule has 7 heteroatoms. The van der Waals surface area contributed by atoms with Gasteiger partial charge in [0.15, 0.2) is 11.5 Å². The number of hydrogen-bond acceptors (Lipinski definition) is 5. The average Bonchev–Trinajstić information content (AvgIpc) is 2.56. The summed E-state index contributed by atoms with van der Waals surface area (Å²) in [5.74, 6) is -0.294. The summed E-state index contributed by atoms with van der Waals surface area (Å²) in [4.78, 5) is 23.1. The molecule has 0 atom stereocenters. The molecule has 2 rings (SSSR count). The first-order valence-electron chi connectivity index (χ1n) is 7.07. The Morgan fingerprint density at radius 2 is 2.00 bits per heavy atom. The zero-order chi connectivity index (χ0) is 17.5. The van der Waals surface area contributed by atoms with Crippen molar-refractivity contribution in [3.8, 4) is 11.5 Å². The minimum Gasteiger partial charge on any atom is -0.504 e. The molecular formula is C17H17N3O4. The molecule has 0 saturated heterocycles. The predicted octanol–water partition coefficient (Wildman–Crippen LogP) is 2.12. The van der Waals surface area contributed by atoms with Crippen molar-refractivity contribution in [3.63, 3.8) is 0 Å². The second kappa shape index (κ2) is 7.77. The fourth-order valence-corrected chi connectivity index (χ4v) is 1.95. The fraction of sp³-hybridized carbons (Fsp3) is 0.118. The summed E-state index contributed by atoms with van der Waals surface area (Å²) in [6.45, 7) is 1.39. The van der Waals surface area contributed by atoms with Crippen LogP contribution >= 0.6 is 0 Å². The van der Waals surface area contributed by atoms with Crippen molar-refractivity contribution in [1.82, 2.24) is 5.43 Å². The quantitative estimate of drug-likeness (QED) is 0.578. The Labute approximate surface area is 139 Å². The Kier molecular flexibility index (Phi) is 5.51. The van der Waals surface area contributed by atoms with Gasteiger partial charge in [0.25, 0.3) is 5.91 Å². The largest absolute Gasteiger partial charge is 0.504 e. The second-order valence-corrected chi connectivity index (χ2v) is 4.89. The predicted molar refractivity (Wildman–Crippen MR) is 90.5 cm³/mol. The smallest absolute Gasteiger partial charge is 0.271 e. The van der Waals surface area contributed by atoms with E-state index in [1.807, 2.05) is 0 Å². The molecule has 124 valence electrons. The molecule has 3 N–H and O–H groups in total. The van der Waals surface area contributed by atoms with Gasteiger partial charge in [-0.05, 0) is 42.0 Å². The lowest BCUT2D eigenvalue weighted by atomic mass is 10.2. The lowest BCUT2D eigenvalue weighted by Crippen LogP contribution is -2.18. The van der Waals surface area contributed by atoms with Gasteiger partial charge >= 0.3 is 0 Å². The van der Waals surface area contributed by atoms with E-state index in [9.17, 15) is 14.7 Å². The van der Waals surface area contributed by atoms with E-state index >= 15 is 0 Å². The molecule has 7 nitrogen and oxygen atoms in total. The average molecular weight is 327 g/mol. The van der Waals surface area contributed by atoms with Crippen LogP contribution in [0.25, 0.3) is 0 Å². The van der Waals surface area contributed by atoms with Crippen LogP contribution in [0.2, 0.25) is 0 Å². The first-order valence-corrected chi connectivity index (χ1v) is 7.07. The lowest BCUT2D eigenvalue weighted by molar-refractivity contribution is -0.114. The molecule has 2 aromatic rings. The molecular weight excluding hydrogens is 310 g/mol. The number of nitrogens with one attached hydrogen (secondary N) is 2. The van der Waals surface area contributed by atoms with E-state index in [-0.39, 0.29) is 11.7 Å². The number of ether oxygens (including phenoxy) is 1. The van der Waals surface area contributed by atoms with Crippen molar-refractivity contribution in [2.45, 2.75) is 6.92 Å². The van der Waals surface area contributed by atoms with Crippen molar-refractivity contribution < 1.29 is 19.4 Å². The number of nitrogens with zero attached hydrogens (tertiary/aromatic N) is 1. The van der Waals surface area contributed by atoms with Gasteiger partial charge in [-0.2, -0.15) is 5.10 Å². The third-order valence-electron chi connectivity index (χ3n) is 3.03. The van der Waals surface area contributed by atoms with E-state index in [1.54, 1.807) is 36.4 Å². The number of aromatic hydroxyl groups is 1. The van der Waals surface area contributed by atoms with E-state index < -0.39 is 5.91 Å². The van der Waals surface area contributed by atoms with Crippen molar-refractivity contribution in [1.29, 1.82) is 0 Å². The minimum atomic E-state index is -0.413. The van der Waals surface area contributed by atoms with Crippen LogP contribution in [0.4, 0.5) is 5.69 Å². The van der Waals surface area contributed by atoms with Crippen LogP contribution in [0.3, 0.4) is 0 Å². The SMILES string of the molecule is COc1cc(/C=N\NC(=O)c2cccc(NC(C)=O)c2)ccc1O. The van der Waals surface area contributed by atoms with Crippen molar-refractivity contribution in [3.05, 3.63) is 53.6 Å². The zero-order valence-corrected chi connectivity index (χ0v) is 13.2. The van der Waals surface area contributed by atoms with Crippen LogP contribution in [0, 0.1) is 0 Å². The van der Waals surface area contributed by atoms with Crippen LogP contribution in [-0.2, 0) is 4.79 Å². The molecule has 0 fully saturated rings. The monoisotopic (exact) mass is 327 g/mol. The highest BCUT2D eigenvalue weighted by atomic mass is 16.5. The first-order chi connectivity index (χ1) is 11.5. The van der Waals surface area contributed by atoms with Crippen LogP contribution in [-0.4, -0.2) is 30.2 Å². The van der Waals surface area contributed by atoms with Crippen molar-refractivity contribution >= 4 is 23.7 Å². The Bertz CT molecular complexity index is 787. The summed E-state index contributed by atoms with van der Waals surface area (Å²) in [7, 11) is 1.44. The van der Waals surface area contributed by atoms with Gasteiger partial charge in [0.1, 0.15) is 0 Å². The number of phenols is 1. The van der Waals surface area contributed by atoms with Crippen molar-refractivity contribution in [2.75, 3.05) is 12.4 Å². The summed E-state index contributed by atoms with van der Waals surface area (Å²) in [5.41, 5.74) is 3.94. The van der Waals surface area contributed by atoms with Crippen LogP contribution in [0.15, 0.2) is 47.6 Å². The second-order valence-electron chi connectivity index (χ2n) is 4.89. The molecule has 0 radical (unpaired) electrons. The van der Waals surface area contributed by atoms with E-state index in [4.69, 9.17) is 4.74 Å². The lowest BCUT2D eigenvalue weighted by Gasteiger charge is -2.05. The van der Waals surface area contributed by atoms with Crippen LogP contribution in [0.5, 0.6) is 11.5 Å².